The third-order valence-corrected chi connectivity index (χ3v) is 6.94. The Kier molecular flexibility index (Phi) is 9.61. The van der Waals surface area contributed by atoms with Gasteiger partial charge >= 0.3 is 0 Å². The third-order valence-electron chi connectivity index (χ3n) is 5.01. The lowest BCUT2D eigenvalue weighted by Crippen LogP contribution is -2.54. The van der Waals surface area contributed by atoms with Gasteiger partial charge in [-0.25, -0.2) is 8.42 Å². The molecule has 2 rings (SSSR count). The summed E-state index contributed by atoms with van der Waals surface area (Å²) in [5.41, 5.74) is 0.483. The van der Waals surface area contributed by atoms with Crippen LogP contribution in [0.3, 0.4) is 0 Å². The fourth-order valence-electron chi connectivity index (χ4n) is 3.31. The first-order valence-corrected chi connectivity index (χ1v) is 13.8. The molecule has 0 unspecified atom stereocenters. The quantitative estimate of drug-likeness (QED) is 0.474. The summed E-state index contributed by atoms with van der Waals surface area (Å²) in [7, 11) is -2.41. The van der Waals surface area contributed by atoms with Crippen LogP contribution < -0.4 is 14.4 Å². The van der Waals surface area contributed by atoms with Crippen molar-refractivity contribution in [1.29, 1.82) is 0 Å². The second kappa shape index (κ2) is 11.6. The van der Waals surface area contributed by atoms with Crippen molar-refractivity contribution < 1.29 is 22.7 Å². The monoisotopic (exact) mass is 587 g/mol. The van der Waals surface area contributed by atoms with Crippen molar-refractivity contribution in [3.05, 3.63) is 57.5 Å². The number of methoxy groups -OCH3 is 1. The Morgan fingerprint density at radius 2 is 1.83 bits per heavy atom. The van der Waals surface area contributed by atoms with Gasteiger partial charge in [0.2, 0.25) is 21.8 Å². The lowest BCUT2D eigenvalue weighted by Gasteiger charge is -2.33. The lowest BCUT2D eigenvalue weighted by atomic mass is 10.1. The summed E-state index contributed by atoms with van der Waals surface area (Å²) < 4.78 is 32.2. The highest BCUT2D eigenvalue weighted by molar-refractivity contribution is 9.10. The van der Waals surface area contributed by atoms with Crippen LogP contribution in [-0.4, -0.2) is 56.6 Å². The fraction of sp³-hybridized carbons (Fsp3) is 0.417. The summed E-state index contributed by atoms with van der Waals surface area (Å²) in [5, 5.41) is 3.09. The molecule has 0 fully saturated rings. The van der Waals surface area contributed by atoms with Crippen LogP contribution in [0.1, 0.15) is 33.3 Å². The van der Waals surface area contributed by atoms with Crippen LogP contribution in [0.5, 0.6) is 5.75 Å². The zero-order valence-corrected chi connectivity index (χ0v) is 23.8. The number of hydrogen-bond acceptors (Lipinski definition) is 5. The number of nitrogens with one attached hydrogen (secondary N) is 1. The number of anilines is 1. The molecule has 0 saturated carbocycles. The van der Waals surface area contributed by atoms with Gasteiger partial charge in [-0.2, -0.15) is 0 Å². The van der Waals surface area contributed by atoms with Gasteiger partial charge in [0.1, 0.15) is 18.3 Å². The molecular formula is C24H31BrClN3O5S. The first-order chi connectivity index (χ1) is 16.1. The lowest BCUT2D eigenvalue weighted by molar-refractivity contribution is -0.140. The van der Waals surface area contributed by atoms with E-state index in [-0.39, 0.29) is 23.2 Å². The summed E-state index contributed by atoms with van der Waals surface area (Å²) in [4.78, 5) is 27.9. The van der Waals surface area contributed by atoms with Crippen LogP contribution in [0.25, 0.3) is 0 Å². The van der Waals surface area contributed by atoms with E-state index in [1.54, 1.807) is 6.92 Å². The van der Waals surface area contributed by atoms with Gasteiger partial charge in [-0.15, -0.1) is 0 Å². The van der Waals surface area contributed by atoms with E-state index in [9.17, 15) is 18.0 Å². The van der Waals surface area contributed by atoms with Gasteiger partial charge in [0.05, 0.1) is 24.1 Å². The van der Waals surface area contributed by atoms with Crippen molar-refractivity contribution in [2.24, 2.45) is 0 Å². The topological polar surface area (TPSA) is 96.0 Å². The van der Waals surface area contributed by atoms with E-state index in [2.05, 4.69) is 21.2 Å². The number of amides is 2. The Balaban J connectivity index is 2.43. The Hall–Kier alpha value is -2.30. The number of ether oxygens (including phenoxy) is 1. The molecule has 0 aliphatic carbocycles. The standard InChI is InChI=1S/C24H31BrClN3O5S/c1-16(23(31)27-24(2,3)4)28(14-17-8-7-9-18(25)12-17)22(30)15-29(35(6,32)33)19-10-11-21(34-5)20(26)13-19/h7-13,16H,14-15H2,1-6H3,(H,27,31)/t16-/m1/s1. The molecule has 11 heteroatoms. The predicted molar refractivity (Wildman–Crippen MR) is 142 cm³/mol. The molecule has 0 aliphatic heterocycles. The van der Waals surface area contributed by atoms with Crippen molar-refractivity contribution in [2.75, 3.05) is 24.2 Å². The molecule has 1 N–H and O–H groups in total. The van der Waals surface area contributed by atoms with Gasteiger partial charge in [-0.1, -0.05) is 39.7 Å². The maximum Gasteiger partial charge on any atom is 0.244 e. The van der Waals surface area contributed by atoms with E-state index >= 15 is 0 Å². The van der Waals surface area contributed by atoms with E-state index in [4.69, 9.17) is 16.3 Å². The second-order valence-electron chi connectivity index (χ2n) is 9.16. The highest BCUT2D eigenvalue weighted by Gasteiger charge is 2.31. The van der Waals surface area contributed by atoms with Crippen molar-refractivity contribution in [2.45, 2.75) is 45.8 Å². The minimum atomic E-state index is -3.86. The van der Waals surface area contributed by atoms with E-state index in [0.717, 1.165) is 20.6 Å². The van der Waals surface area contributed by atoms with Crippen LogP contribution >= 0.6 is 27.5 Å². The molecule has 0 spiro atoms. The van der Waals surface area contributed by atoms with Gasteiger partial charge in [0, 0.05) is 16.6 Å². The smallest absolute Gasteiger partial charge is 0.244 e. The molecule has 0 heterocycles. The minimum Gasteiger partial charge on any atom is -0.495 e. The number of nitrogens with zero attached hydrogens (tertiary/aromatic N) is 2. The zero-order valence-electron chi connectivity index (χ0n) is 20.6. The normalized spacial score (nSPS) is 12.6. The highest BCUT2D eigenvalue weighted by Crippen LogP contribution is 2.30. The van der Waals surface area contributed by atoms with E-state index in [1.807, 2.05) is 45.0 Å². The van der Waals surface area contributed by atoms with Gasteiger partial charge in [-0.3, -0.25) is 13.9 Å². The highest BCUT2D eigenvalue weighted by atomic mass is 79.9. The van der Waals surface area contributed by atoms with Crippen molar-refractivity contribution in [3.63, 3.8) is 0 Å². The molecule has 8 nitrogen and oxygen atoms in total. The molecule has 2 amide bonds. The number of rotatable bonds is 9. The predicted octanol–water partition coefficient (Wildman–Crippen LogP) is 4.21. The van der Waals surface area contributed by atoms with E-state index in [1.165, 1.54) is 30.2 Å². The van der Waals surface area contributed by atoms with Gasteiger partial charge in [-0.05, 0) is 63.6 Å². The maximum absolute atomic E-state index is 13.6. The van der Waals surface area contributed by atoms with Gasteiger partial charge in [0.15, 0.2) is 0 Å². The molecule has 0 radical (unpaired) electrons. The SMILES string of the molecule is COc1ccc(N(CC(=O)N(Cc2cccc(Br)c2)[C@H](C)C(=O)NC(C)(C)C)S(C)(=O)=O)cc1Cl. The molecule has 0 saturated heterocycles. The zero-order chi connectivity index (χ0) is 26.6. The van der Waals surface area contributed by atoms with Crippen LogP contribution in [0.2, 0.25) is 5.02 Å². The molecule has 2 aromatic rings. The molecule has 0 bridgehead atoms. The summed E-state index contributed by atoms with van der Waals surface area (Å²) in [6.45, 7) is 6.75. The third kappa shape index (κ3) is 8.40. The van der Waals surface area contributed by atoms with E-state index < -0.39 is 34.1 Å². The Bertz CT molecular complexity index is 1180. The van der Waals surface area contributed by atoms with Crippen molar-refractivity contribution in [1.82, 2.24) is 10.2 Å². The van der Waals surface area contributed by atoms with Gasteiger partial charge < -0.3 is 15.0 Å². The molecule has 0 aromatic heterocycles. The average molecular weight is 589 g/mol. The number of hydrogen-bond donors (Lipinski definition) is 1. The molecule has 192 valence electrons. The fourth-order valence-corrected chi connectivity index (χ4v) is 4.85. The molecular weight excluding hydrogens is 558 g/mol. The van der Waals surface area contributed by atoms with Crippen molar-refractivity contribution in [3.8, 4) is 5.75 Å². The summed E-state index contributed by atoms with van der Waals surface area (Å²) in [6.07, 6.45) is 1.01. The van der Waals surface area contributed by atoms with Crippen LogP contribution in [0.4, 0.5) is 5.69 Å². The first-order valence-electron chi connectivity index (χ1n) is 10.8. The summed E-state index contributed by atoms with van der Waals surface area (Å²) in [6, 6.07) is 10.9. The molecule has 35 heavy (non-hydrogen) atoms. The first kappa shape index (κ1) is 28.9. The summed E-state index contributed by atoms with van der Waals surface area (Å²) in [5.74, 6) is -0.517. The Morgan fingerprint density at radius 3 is 2.34 bits per heavy atom. The van der Waals surface area contributed by atoms with Crippen molar-refractivity contribution >= 4 is 55.1 Å². The number of sulfonamides is 1. The maximum atomic E-state index is 13.6. The second-order valence-corrected chi connectivity index (χ2v) is 12.4. The summed E-state index contributed by atoms with van der Waals surface area (Å²) >= 11 is 9.62. The molecule has 0 aliphatic rings. The van der Waals surface area contributed by atoms with Crippen LogP contribution in [-0.2, 0) is 26.2 Å². The van der Waals surface area contributed by atoms with Crippen LogP contribution in [0, 0.1) is 0 Å². The largest absolute Gasteiger partial charge is 0.495 e. The average Bonchev–Trinajstić information content (AvgIpc) is 2.73. The van der Waals surface area contributed by atoms with E-state index in [0.29, 0.717) is 5.75 Å². The number of benzene rings is 2. The minimum absolute atomic E-state index is 0.109. The Morgan fingerprint density at radius 1 is 1.17 bits per heavy atom. The molecule has 1 atom stereocenters. The number of carbonyl (C=O) groups is 2. The number of carbonyl (C=O) groups excluding carboxylic acids is 2. The van der Waals surface area contributed by atoms with Gasteiger partial charge in [0.25, 0.3) is 0 Å². The van der Waals surface area contributed by atoms with Crippen LogP contribution in [0.15, 0.2) is 46.9 Å². The number of halogens is 2. The molecule has 2 aromatic carbocycles. The Labute approximate surface area is 220 Å².